The number of nitrogens with zero attached hydrogens (tertiary/aromatic N) is 1. The molecule has 0 aromatic heterocycles. The summed E-state index contributed by atoms with van der Waals surface area (Å²) in [4.78, 5) is 0.368. The van der Waals surface area contributed by atoms with Gasteiger partial charge in [0, 0.05) is 18.2 Å². The molecule has 0 amide bonds. The van der Waals surface area contributed by atoms with Gasteiger partial charge in [-0.2, -0.15) is 0 Å². The van der Waals surface area contributed by atoms with Gasteiger partial charge in [-0.3, -0.25) is 0 Å². The average molecular weight is 390 g/mol. The highest BCUT2D eigenvalue weighted by Gasteiger charge is 2.34. The topological polar surface area (TPSA) is 46.6 Å². The minimum atomic E-state index is -3.53. The lowest BCUT2D eigenvalue weighted by Gasteiger charge is -2.28. The van der Waals surface area contributed by atoms with Gasteiger partial charge in [-0.1, -0.05) is 45.5 Å². The highest BCUT2D eigenvalue weighted by molar-refractivity contribution is 7.93. The van der Waals surface area contributed by atoms with Gasteiger partial charge in [0.2, 0.25) is 0 Å². The van der Waals surface area contributed by atoms with Crippen molar-refractivity contribution in [1.29, 1.82) is 0 Å². The maximum Gasteiger partial charge on any atom is 0.268 e. The van der Waals surface area contributed by atoms with E-state index in [-0.39, 0.29) is 0 Å². The molecule has 0 fully saturated rings. The fraction of sp³-hybridized carbons (Fsp3) is 0.400. The van der Waals surface area contributed by atoms with Crippen molar-refractivity contribution in [2.45, 2.75) is 50.2 Å². The van der Waals surface area contributed by atoms with Gasteiger partial charge in [-0.05, 0) is 47.6 Å². The molecule has 2 aromatic carbocycles. The van der Waals surface area contributed by atoms with Crippen LogP contribution >= 0.6 is 0 Å². The third-order valence-electron chi connectivity index (χ3n) is 5.72. The van der Waals surface area contributed by atoms with Crippen molar-refractivity contribution < 1.29 is 12.8 Å². The van der Waals surface area contributed by atoms with Crippen LogP contribution in [0, 0.1) is 0 Å². The lowest BCUT2D eigenvalue weighted by atomic mass is 10.0. The summed E-state index contributed by atoms with van der Waals surface area (Å²) in [6.45, 7) is 11.0. The number of rotatable bonds is 8. The third-order valence-corrected chi connectivity index (χ3v) is 12.2. The van der Waals surface area contributed by atoms with Gasteiger partial charge in [0.15, 0.2) is 8.32 Å². The van der Waals surface area contributed by atoms with Crippen LogP contribution < -0.4 is 4.31 Å². The van der Waals surface area contributed by atoms with Crippen molar-refractivity contribution in [2.75, 3.05) is 10.9 Å². The minimum Gasteiger partial charge on any atom is -0.416 e. The summed E-state index contributed by atoms with van der Waals surface area (Å²) in [6.07, 6.45) is 2.17. The first kappa shape index (κ1) is 19.1. The molecule has 3 rings (SSSR count). The summed E-state index contributed by atoms with van der Waals surface area (Å²) in [7, 11) is -5.14. The molecule has 2 aromatic rings. The smallest absolute Gasteiger partial charge is 0.268 e. The average Bonchev–Trinajstić information content (AvgIpc) is 2.88. The number of hydrogen-bond acceptors (Lipinski definition) is 3. The van der Waals surface area contributed by atoms with Crippen LogP contribution in [0.1, 0.15) is 26.3 Å². The number of anilines is 1. The van der Waals surface area contributed by atoms with E-state index < -0.39 is 18.3 Å². The first-order valence-electron chi connectivity index (χ1n) is 9.29. The molecule has 0 atom stereocenters. The van der Waals surface area contributed by atoms with Crippen molar-refractivity contribution in [2.24, 2.45) is 0 Å². The fourth-order valence-corrected chi connectivity index (χ4v) is 8.08. The molecule has 0 aliphatic carbocycles. The van der Waals surface area contributed by atoms with E-state index in [9.17, 15) is 8.42 Å². The number of sulfonamides is 1. The molecule has 0 saturated carbocycles. The predicted molar refractivity (Wildman–Crippen MR) is 111 cm³/mol. The Kier molecular flexibility index (Phi) is 5.28. The van der Waals surface area contributed by atoms with Crippen LogP contribution in [0.4, 0.5) is 5.69 Å². The zero-order valence-corrected chi connectivity index (χ0v) is 17.6. The Morgan fingerprint density at radius 1 is 1.12 bits per heavy atom. The first-order chi connectivity index (χ1) is 12.4. The molecule has 0 unspecified atom stereocenters. The first-order valence-corrected chi connectivity index (χ1v) is 13.3. The van der Waals surface area contributed by atoms with E-state index in [0.29, 0.717) is 17.2 Å². The van der Waals surface area contributed by atoms with Gasteiger partial charge >= 0.3 is 0 Å². The summed E-state index contributed by atoms with van der Waals surface area (Å²) in [6, 6.07) is 12.8. The minimum absolute atomic E-state index is 0.368. The zero-order valence-electron chi connectivity index (χ0n) is 15.8. The molecule has 0 radical (unpaired) electrons. The standard InChI is InChI=1S/C20H27NO3SSi/c1-5-21-18-11-9-10-17-16(12-13-19(20(17)18)25(21,22)23)14-15-24-26(6-2,7-3)8-4/h5,9-13H,1,6-8,14-15H2,2-4H3. The summed E-state index contributed by atoms with van der Waals surface area (Å²) in [5, 5.41) is 1.79. The van der Waals surface area contributed by atoms with Crippen LogP contribution in [0.25, 0.3) is 10.8 Å². The second kappa shape index (κ2) is 7.17. The van der Waals surface area contributed by atoms with Crippen LogP contribution in [0.3, 0.4) is 0 Å². The van der Waals surface area contributed by atoms with Crippen LogP contribution in [-0.2, 0) is 20.9 Å². The molecule has 26 heavy (non-hydrogen) atoms. The Bertz CT molecular complexity index is 927. The second-order valence-electron chi connectivity index (χ2n) is 6.75. The van der Waals surface area contributed by atoms with E-state index in [0.717, 1.165) is 40.9 Å². The molecule has 140 valence electrons. The van der Waals surface area contributed by atoms with Crippen molar-refractivity contribution in [1.82, 2.24) is 0 Å². The van der Waals surface area contributed by atoms with E-state index in [1.54, 1.807) is 6.07 Å². The Hall–Kier alpha value is -1.63. The molecule has 0 saturated heterocycles. The van der Waals surface area contributed by atoms with Gasteiger partial charge in [-0.25, -0.2) is 12.7 Å². The van der Waals surface area contributed by atoms with Crippen LogP contribution in [-0.4, -0.2) is 23.3 Å². The molecular weight excluding hydrogens is 362 g/mol. The number of benzene rings is 2. The lowest BCUT2D eigenvalue weighted by Crippen LogP contribution is -2.36. The molecule has 1 aliphatic heterocycles. The summed E-state index contributed by atoms with van der Waals surface area (Å²) in [5.41, 5.74) is 1.83. The monoisotopic (exact) mass is 389 g/mol. The Morgan fingerprint density at radius 3 is 2.42 bits per heavy atom. The molecule has 0 bridgehead atoms. The van der Waals surface area contributed by atoms with E-state index in [2.05, 4.69) is 27.4 Å². The summed E-state index contributed by atoms with van der Waals surface area (Å²) < 4.78 is 33.1. The van der Waals surface area contributed by atoms with Crippen molar-refractivity contribution in [3.8, 4) is 0 Å². The fourth-order valence-electron chi connectivity index (χ4n) is 3.90. The molecule has 4 nitrogen and oxygen atoms in total. The highest BCUT2D eigenvalue weighted by Crippen LogP contribution is 2.43. The Morgan fingerprint density at radius 2 is 1.81 bits per heavy atom. The molecule has 6 heteroatoms. The maximum absolute atomic E-state index is 12.7. The van der Waals surface area contributed by atoms with Gasteiger partial charge in [0.25, 0.3) is 10.0 Å². The quantitative estimate of drug-likeness (QED) is 0.593. The Labute approximate surface area is 157 Å². The Balaban J connectivity index is 1.95. The van der Waals surface area contributed by atoms with E-state index in [1.165, 1.54) is 10.5 Å². The van der Waals surface area contributed by atoms with Gasteiger partial charge < -0.3 is 4.43 Å². The zero-order chi connectivity index (χ0) is 18.9. The van der Waals surface area contributed by atoms with Crippen LogP contribution in [0.5, 0.6) is 0 Å². The van der Waals surface area contributed by atoms with Crippen molar-refractivity contribution >= 4 is 34.8 Å². The van der Waals surface area contributed by atoms with Crippen molar-refractivity contribution in [3.05, 3.63) is 48.7 Å². The largest absolute Gasteiger partial charge is 0.416 e. The summed E-state index contributed by atoms with van der Waals surface area (Å²) >= 11 is 0. The molecule has 1 aliphatic rings. The van der Waals surface area contributed by atoms with Gasteiger partial charge in [0.1, 0.15) is 0 Å². The van der Waals surface area contributed by atoms with Gasteiger partial charge in [-0.15, -0.1) is 0 Å². The lowest BCUT2D eigenvalue weighted by molar-refractivity contribution is 0.304. The van der Waals surface area contributed by atoms with Crippen LogP contribution in [0.2, 0.25) is 18.1 Å². The number of hydrogen-bond donors (Lipinski definition) is 0. The normalized spacial score (nSPS) is 15.6. The van der Waals surface area contributed by atoms with E-state index in [4.69, 9.17) is 4.43 Å². The molecular formula is C20H27NO3SSi. The summed E-state index contributed by atoms with van der Waals surface area (Å²) in [5.74, 6) is 0. The van der Waals surface area contributed by atoms with Crippen molar-refractivity contribution in [3.63, 3.8) is 0 Å². The van der Waals surface area contributed by atoms with E-state index >= 15 is 0 Å². The van der Waals surface area contributed by atoms with Crippen LogP contribution in [0.15, 0.2) is 48.0 Å². The molecule has 0 spiro atoms. The molecule has 0 N–H and O–H groups in total. The maximum atomic E-state index is 12.7. The highest BCUT2D eigenvalue weighted by atomic mass is 32.2. The van der Waals surface area contributed by atoms with Gasteiger partial charge in [0.05, 0.1) is 10.6 Å². The SMILES string of the molecule is C=CN1c2cccc3c(CCO[Si](CC)(CC)CC)ccc(c23)S1(=O)=O. The second-order valence-corrected chi connectivity index (χ2v) is 13.3. The predicted octanol–water partition coefficient (Wildman–Crippen LogP) is 5.06. The third kappa shape index (κ3) is 2.90. The molecule has 1 heterocycles. The van der Waals surface area contributed by atoms with E-state index in [1.807, 2.05) is 24.3 Å².